The van der Waals surface area contributed by atoms with E-state index < -0.39 is 16.9 Å². The van der Waals surface area contributed by atoms with Gasteiger partial charge in [-0.25, -0.2) is 4.79 Å². The van der Waals surface area contributed by atoms with E-state index in [1.807, 2.05) is 0 Å². The Hall–Kier alpha value is -0.900. The maximum Gasteiger partial charge on any atom is 0.331 e. The molecule has 0 radical (unpaired) electrons. The van der Waals surface area contributed by atoms with Crippen molar-refractivity contribution in [3.05, 3.63) is 0 Å². The molecule has 18 heavy (non-hydrogen) atoms. The highest BCUT2D eigenvalue weighted by Crippen LogP contribution is 2.61. The van der Waals surface area contributed by atoms with Gasteiger partial charge in [0, 0.05) is 5.41 Å². The van der Waals surface area contributed by atoms with Crippen molar-refractivity contribution in [2.45, 2.75) is 51.0 Å². The smallest absolute Gasteiger partial charge is 0.331 e. The van der Waals surface area contributed by atoms with Crippen LogP contribution in [0.2, 0.25) is 0 Å². The zero-order valence-electron chi connectivity index (χ0n) is 10.8. The Balaban J connectivity index is 1.92. The molecule has 0 spiro atoms. The van der Waals surface area contributed by atoms with Crippen LogP contribution in [-0.2, 0) is 9.59 Å². The molecule has 3 N–H and O–H groups in total. The summed E-state index contributed by atoms with van der Waals surface area (Å²) in [6.07, 6.45) is 6.33. The molecule has 4 aliphatic rings. The summed E-state index contributed by atoms with van der Waals surface area (Å²) < 4.78 is 0. The quantitative estimate of drug-likeness (QED) is 0.746. The molecule has 1 unspecified atom stereocenters. The molecule has 4 nitrogen and oxygen atoms in total. The van der Waals surface area contributed by atoms with E-state index in [9.17, 15) is 9.59 Å². The first-order valence-electron chi connectivity index (χ1n) is 6.91. The zero-order valence-corrected chi connectivity index (χ0v) is 10.8. The number of hydrogen-bond acceptors (Lipinski definition) is 3. The number of Topliss-reactive ketones (excluding diaryl/α,β-unsaturated/α-hetero) is 1. The molecule has 0 saturated heterocycles. The Labute approximate surface area is 107 Å². The third-order valence-corrected chi connectivity index (χ3v) is 5.44. The minimum atomic E-state index is -1.72. The monoisotopic (exact) mass is 251 g/mol. The highest BCUT2D eigenvalue weighted by atomic mass is 16.4. The van der Waals surface area contributed by atoms with Crippen LogP contribution in [0, 0.1) is 23.2 Å². The van der Waals surface area contributed by atoms with Gasteiger partial charge in [-0.15, -0.1) is 0 Å². The van der Waals surface area contributed by atoms with E-state index >= 15 is 0 Å². The summed E-state index contributed by atoms with van der Waals surface area (Å²) >= 11 is 0. The Morgan fingerprint density at radius 3 is 1.83 bits per heavy atom. The number of aliphatic carboxylic acids is 1. The molecule has 0 aromatic rings. The van der Waals surface area contributed by atoms with E-state index in [1.165, 1.54) is 26.2 Å². The first kappa shape index (κ1) is 12.2. The van der Waals surface area contributed by atoms with E-state index in [0.717, 1.165) is 19.3 Å². The van der Waals surface area contributed by atoms with E-state index in [1.54, 1.807) is 0 Å². The van der Waals surface area contributed by atoms with Crippen molar-refractivity contribution >= 4 is 11.8 Å². The van der Waals surface area contributed by atoms with Crippen LogP contribution >= 0.6 is 0 Å². The third kappa shape index (κ3) is 1.54. The Bertz CT molecular complexity index is 378. The van der Waals surface area contributed by atoms with Crippen LogP contribution in [0.4, 0.5) is 0 Å². The number of ketones is 1. The number of hydrogen-bond donors (Lipinski definition) is 2. The lowest BCUT2D eigenvalue weighted by atomic mass is 9.47. The topological polar surface area (TPSA) is 80.4 Å². The zero-order chi connectivity index (χ0) is 13.1. The minimum Gasteiger partial charge on any atom is -0.480 e. The van der Waals surface area contributed by atoms with E-state index in [0.29, 0.717) is 17.8 Å². The second kappa shape index (κ2) is 3.56. The lowest BCUT2D eigenvalue weighted by Crippen LogP contribution is -2.62. The standard InChI is InChI=1S/C14H21NO3/c1-13(15,12(17)18)11(16)14-5-8-2-9(6-14)4-10(3-8)7-14/h8-10H,2-7,15H2,1H3,(H,17,18). The number of carboxylic acid groups (broad SMARTS) is 1. The number of rotatable bonds is 3. The predicted molar refractivity (Wildman–Crippen MR) is 65.8 cm³/mol. The van der Waals surface area contributed by atoms with Crippen LogP contribution in [0.3, 0.4) is 0 Å². The van der Waals surface area contributed by atoms with Crippen molar-refractivity contribution in [2.24, 2.45) is 28.9 Å². The van der Waals surface area contributed by atoms with Crippen LogP contribution in [0.1, 0.15) is 45.4 Å². The summed E-state index contributed by atoms with van der Waals surface area (Å²) in [5.74, 6) is 0.476. The van der Waals surface area contributed by atoms with Gasteiger partial charge in [-0.2, -0.15) is 0 Å². The molecule has 4 rings (SSSR count). The van der Waals surface area contributed by atoms with Gasteiger partial charge in [0.05, 0.1) is 0 Å². The van der Waals surface area contributed by atoms with E-state index in [2.05, 4.69) is 0 Å². The summed E-state index contributed by atoms with van der Waals surface area (Å²) in [5, 5.41) is 9.17. The van der Waals surface area contributed by atoms with E-state index in [4.69, 9.17) is 10.8 Å². The molecule has 0 amide bonds. The molecule has 1 atom stereocenters. The summed E-state index contributed by atoms with van der Waals surface area (Å²) in [6.45, 7) is 1.36. The molecular formula is C14H21NO3. The van der Waals surface area contributed by atoms with Gasteiger partial charge >= 0.3 is 5.97 Å². The average molecular weight is 251 g/mol. The van der Waals surface area contributed by atoms with Gasteiger partial charge < -0.3 is 10.8 Å². The summed E-state index contributed by atoms with van der Waals surface area (Å²) in [7, 11) is 0. The van der Waals surface area contributed by atoms with E-state index in [-0.39, 0.29) is 5.78 Å². The number of carbonyl (C=O) groups is 2. The SMILES string of the molecule is CC(N)(C(=O)O)C(=O)C12CC3CC(CC(C3)C1)C2. The molecule has 100 valence electrons. The Kier molecular flexibility index (Phi) is 2.40. The molecule has 4 heteroatoms. The first-order chi connectivity index (χ1) is 8.33. The maximum atomic E-state index is 12.7. The number of carbonyl (C=O) groups excluding carboxylic acids is 1. The summed E-state index contributed by atoms with van der Waals surface area (Å²) in [4.78, 5) is 23.9. The van der Waals surface area contributed by atoms with Crippen molar-refractivity contribution in [1.82, 2.24) is 0 Å². The number of carboxylic acids is 1. The van der Waals surface area contributed by atoms with Crippen molar-refractivity contribution in [1.29, 1.82) is 0 Å². The largest absolute Gasteiger partial charge is 0.480 e. The van der Waals surface area contributed by atoms with Gasteiger partial charge in [-0.05, 0) is 63.2 Å². The summed E-state index contributed by atoms with van der Waals surface area (Å²) in [5.41, 5.74) is 3.64. The van der Waals surface area contributed by atoms with Crippen LogP contribution in [0.15, 0.2) is 0 Å². The highest BCUT2D eigenvalue weighted by molar-refractivity contribution is 6.09. The summed E-state index contributed by atoms with van der Waals surface area (Å²) in [6, 6.07) is 0. The van der Waals surface area contributed by atoms with Crippen LogP contribution in [-0.4, -0.2) is 22.4 Å². The minimum absolute atomic E-state index is 0.221. The lowest BCUT2D eigenvalue weighted by Gasteiger charge is -2.56. The van der Waals surface area contributed by atoms with Gasteiger partial charge in [-0.1, -0.05) is 0 Å². The molecule has 4 aliphatic carbocycles. The fourth-order valence-corrected chi connectivity index (χ4v) is 5.04. The predicted octanol–water partition coefficient (Wildman–Crippen LogP) is 1.57. The number of nitrogens with two attached hydrogens (primary N) is 1. The maximum absolute atomic E-state index is 12.7. The molecule has 4 fully saturated rings. The molecule has 4 saturated carbocycles. The van der Waals surface area contributed by atoms with Crippen LogP contribution in [0.25, 0.3) is 0 Å². The van der Waals surface area contributed by atoms with Crippen molar-refractivity contribution in [2.75, 3.05) is 0 Å². The van der Waals surface area contributed by atoms with Gasteiger partial charge in [0.25, 0.3) is 0 Å². The molecular weight excluding hydrogens is 230 g/mol. The third-order valence-electron chi connectivity index (χ3n) is 5.44. The molecule has 0 aliphatic heterocycles. The normalized spacial score (nSPS) is 44.7. The second-order valence-corrected chi connectivity index (χ2v) is 7.03. The fraction of sp³-hybridized carbons (Fsp3) is 0.857. The molecule has 0 heterocycles. The lowest BCUT2D eigenvalue weighted by molar-refractivity contribution is -0.159. The van der Waals surface area contributed by atoms with Crippen LogP contribution in [0.5, 0.6) is 0 Å². The van der Waals surface area contributed by atoms with Crippen molar-refractivity contribution in [3.8, 4) is 0 Å². The molecule has 4 bridgehead atoms. The van der Waals surface area contributed by atoms with Gasteiger partial charge in [0.15, 0.2) is 11.3 Å². The van der Waals surface area contributed by atoms with Gasteiger partial charge in [0.1, 0.15) is 0 Å². The average Bonchev–Trinajstić information content (AvgIpc) is 2.25. The Morgan fingerprint density at radius 2 is 1.50 bits per heavy atom. The first-order valence-corrected chi connectivity index (χ1v) is 6.91. The van der Waals surface area contributed by atoms with Gasteiger partial charge in [-0.3, -0.25) is 4.79 Å². The molecule has 0 aromatic heterocycles. The van der Waals surface area contributed by atoms with Crippen molar-refractivity contribution in [3.63, 3.8) is 0 Å². The van der Waals surface area contributed by atoms with Gasteiger partial charge in [0.2, 0.25) is 0 Å². The molecule has 0 aromatic carbocycles. The van der Waals surface area contributed by atoms with Crippen molar-refractivity contribution < 1.29 is 14.7 Å². The van der Waals surface area contributed by atoms with Crippen LogP contribution < -0.4 is 5.73 Å². The second-order valence-electron chi connectivity index (χ2n) is 7.03. The fourth-order valence-electron chi connectivity index (χ4n) is 5.04. The highest BCUT2D eigenvalue weighted by Gasteiger charge is 2.58. The Morgan fingerprint density at radius 1 is 1.11 bits per heavy atom.